The number of amides is 1. The van der Waals surface area contributed by atoms with Gasteiger partial charge in [-0.25, -0.2) is 8.42 Å². The molecule has 2 aliphatic rings. The third-order valence-electron chi connectivity index (χ3n) is 4.93. The molecule has 1 aliphatic carbocycles. The Bertz CT molecular complexity index is 779. The molecule has 1 amide bonds. The van der Waals surface area contributed by atoms with Crippen LogP contribution < -0.4 is 4.74 Å². The molecule has 0 bridgehead atoms. The summed E-state index contributed by atoms with van der Waals surface area (Å²) in [6.45, 7) is -0.137. The predicted octanol–water partition coefficient (Wildman–Crippen LogP) is 1.90. The zero-order chi connectivity index (χ0) is 17.9. The lowest BCUT2D eigenvalue weighted by Crippen LogP contribution is -2.48. The number of carbonyl (C=O) groups is 1. The lowest BCUT2D eigenvalue weighted by Gasteiger charge is -2.34. The van der Waals surface area contributed by atoms with Crippen molar-refractivity contribution in [2.24, 2.45) is 0 Å². The minimum absolute atomic E-state index is 0.0547. The average Bonchev–Trinajstić information content (AvgIpc) is 3.23. The smallest absolute Gasteiger partial charge is 0.261 e. The maximum absolute atomic E-state index is 12.8. The van der Waals surface area contributed by atoms with Crippen LogP contribution in [0, 0.1) is 11.3 Å². The van der Waals surface area contributed by atoms with E-state index in [1.165, 1.54) is 0 Å². The number of sulfone groups is 1. The average molecular weight is 362 g/mol. The Kier molecular flexibility index (Phi) is 5.28. The van der Waals surface area contributed by atoms with E-state index in [0.29, 0.717) is 17.7 Å². The van der Waals surface area contributed by atoms with Gasteiger partial charge in [0.1, 0.15) is 5.75 Å². The van der Waals surface area contributed by atoms with E-state index < -0.39 is 9.84 Å². The molecule has 0 spiro atoms. The highest BCUT2D eigenvalue weighted by atomic mass is 32.2. The van der Waals surface area contributed by atoms with Crippen molar-refractivity contribution in [1.82, 2.24) is 4.90 Å². The Hall–Kier alpha value is -2.07. The van der Waals surface area contributed by atoms with Crippen LogP contribution in [0.1, 0.15) is 37.7 Å². The molecule has 3 rings (SSSR count). The number of rotatable bonds is 5. The Morgan fingerprint density at radius 2 is 2.00 bits per heavy atom. The second-order valence-corrected chi connectivity index (χ2v) is 8.95. The van der Waals surface area contributed by atoms with Gasteiger partial charge < -0.3 is 9.64 Å². The van der Waals surface area contributed by atoms with Crippen molar-refractivity contribution in [2.75, 3.05) is 18.1 Å². The topological polar surface area (TPSA) is 87.5 Å². The van der Waals surface area contributed by atoms with E-state index >= 15 is 0 Å². The molecule has 0 unspecified atom stereocenters. The molecular weight excluding hydrogens is 340 g/mol. The Morgan fingerprint density at radius 3 is 2.64 bits per heavy atom. The van der Waals surface area contributed by atoms with Gasteiger partial charge in [-0.05, 0) is 37.5 Å². The SMILES string of the molecule is N#Cc1cccc(OCC(=O)N(C2CCCC2)[C@H]2CCS(=O)(=O)C2)c1. The molecular formula is C18H22N2O4S. The molecule has 1 heterocycles. The summed E-state index contributed by atoms with van der Waals surface area (Å²) in [4.78, 5) is 14.6. The van der Waals surface area contributed by atoms with Gasteiger partial charge in [0.15, 0.2) is 16.4 Å². The zero-order valence-corrected chi connectivity index (χ0v) is 14.9. The number of nitriles is 1. The maximum Gasteiger partial charge on any atom is 0.261 e. The number of hydrogen-bond donors (Lipinski definition) is 0. The Morgan fingerprint density at radius 1 is 1.24 bits per heavy atom. The molecule has 0 radical (unpaired) electrons. The zero-order valence-electron chi connectivity index (χ0n) is 14.1. The predicted molar refractivity (Wildman–Crippen MR) is 92.8 cm³/mol. The fraction of sp³-hybridized carbons (Fsp3) is 0.556. The van der Waals surface area contributed by atoms with Gasteiger partial charge in [0.05, 0.1) is 23.1 Å². The van der Waals surface area contributed by atoms with Gasteiger partial charge in [-0.3, -0.25) is 4.79 Å². The van der Waals surface area contributed by atoms with Crippen LogP contribution >= 0.6 is 0 Å². The van der Waals surface area contributed by atoms with E-state index in [1.54, 1.807) is 29.2 Å². The van der Waals surface area contributed by atoms with Gasteiger partial charge >= 0.3 is 0 Å². The van der Waals surface area contributed by atoms with E-state index in [9.17, 15) is 13.2 Å². The number of benzene rings is 1. The summed E-state index contributed by atoms with van der Waals surface area (Å²) < 4.78 is 29.2. The number of hydrogen-bond acceptors (Lipinski definition) is 5. The number of ether oxygens (including phenoxy) is 1. The molecule has 1 aliphatic heterocycles. The van der Waals surface area contributed by atoms with Gasteiger partial charge in [0.2, 0.25) is 0 Å². The van der Waals surface area contributed by atoms with Crippen LogP contribution in [0.15, 0.2) is 24.3 Å². The first-order valence-corrected chi connectivity index (χ1v) is 10.5. The molecule has 1 aromatic rings. The third kappa shape index (κ3) is 4.31. The van der Waals surface area contributed by atoms with E-state index in [4.69, 9.17) is 10.00 Å². The van der Waals surface area contributed by atoms with E-state index in [0.717, 1.165) is 25.7 Å². The van der Waals surface area contributed by atoms with Crippen LogP contribution in [0.25, 0.3) is 0 Å². The van der Waals surface area contributed by atoms with Crippen LogP contribution in [0.5, 0.6) is 5.75 Å². The second kappa shape index (κ2) is 7.44. The second-order valence-electron chi connectivity index (χ2n) is 6.72. The lowest BCUT2D eigenvalue weighted by atomic mass is 10.1. The first-order chi connectivity index (χ1) is 12.0. The van der Waals surface area contributed by atoms with Gasteiger partial charge in [-0.2, -0.15) is 5.26 Å². The molecule has 7 heteroatoms. The van der Waals surface area contributed by atoms with Crippen molar-refractivity contribution in [3.63, 3.8) is 0 Å². The first kappa shape index (κ1) is 17.7. The summed E-state index contributed by atoms with van der Waals surface area (Å²) in [5.41, 5.74) is 0.472. The normalized spacial score (nSPS) is 22.4. The Labute approximate surface area is 148 Å². The summed E-state index contributed by atoms with van der Waals surface area (Å²) in [7, 11) is -3.05. The van der Waals surface area contributed by atoms with Crippen molar-refractivity contribution in [3.8, 4) is 11.8 Å². The van der Waals surface area contributed by atoms with Gasteiger partial charge in [-0.15, -0.1) is 0 Å². The summed E-state index contributed by atoms with van der Waals surface area (Å²) >= 11 is 0. The largest absolute Gasteiger partial charge is 0.484 e. The van der Waals surface area contributed by atoms with Gasteiger partial charge in [-0.1, -0.05) is 18.9 Å². The molecule has 134 valence electrons. The molecule has 25 heavy (non-hydrogen) atoms. The minimum Gasteiger partial charge on any atom is -0.484 e. The van der Waals surface area contributed by atoms with Gasteiger partial charge in [0.25, 0.3) is 5.91 Å². The summed E-state index contributed by atoms with van der Waals surface area (Å²) in [6, 6.07) is 8.57. The van der Waals surface area contributed by atoms with E-state index in [-0.39, 0.29) is 36.1 Å². The van der Waals surface area contributed by atoms with Crippen LogP contribution in [0.2, 0.25) is 0 Å². The van der Waals surface area contributed by atoms with Crippen LogP contribution in [-0.4, -0.2) is 49.4 Å². The molecule has 1 aromatic carbocycles. The number of carbonyl (C=O) groups excluding carboxylic acids is 1. The van der Waals surface area contributed by atoms with Crippen molar-refractivity contribution in [1.29, 1.82) is 5.26 Å². The molecule has 1 atom stereocenters. The number of nitrogens with zero attached hydrogens (tertiary/aromatic N) is 2. The van der Waals surface area contributed by atoms with Crippen LogP contribution in [0.4, 0.5) is 0 Å². The summed E-state index contributed by atoms with van der Waals surface area (Å²) in [5, 5.41) is 8.93. The minimum atomic E-state index is -3.05. The first-order valence-electron chi connectivity index (χ1n) is 8.63. The van der Waals surface area contributed by atoms with Crippen molar-refractivity contribution >= 4 is 15.7 Å². The molecule has 0 N–H and O–H groups in total. The van der Waals surface area contributed by atoms with Gasteiger partial charge in [0, 0.05) is 12.1 Å². The molecule has 1 saturated carbocycles. The summed E-state index contributed by atoms with van der Waals surface area (Å²) in [6.07, 6.45) is 4.49. The van der Waals surface area contributed by atoms with Crippen molar-refractivity contribution in [2.45, 2.75) is 44.2 Å². The summed E-state index contributed by atoms with van der Waals surface area (Å²) in [5.74, 6) is 0.507. The molecule has 0 aromatic heterocycles. The Balaban J connectivity index is 1.69. The molecule has 6 nitrogen and oxygen atoms in total. The van der Waals surface area contributed by atoms with Crippen LogP contribution in [0.3, 0.4) is 0 Å². The van der Waals surface area contributed by atoms with Crippen molar-refractivity contribution in [3.05, 3.63) is 29.8 Å². The quantitative estimate of drug-likeness (QED) is 0.798. The molecule has 2 fully saturated rings. The van der Waals surface area contributed by atoms with Crippen LogP contribution in [-0.2, 0) is 14.6 Å². The lowest BCUT2D eigenvalue weighted by molar-refractivity contribution is -0.137. The monoisotopic (exact) mass is 362 g/mol. The van der Waals surface area contributed by atoms with E-state index in [1.807, 2.05) is 6.07 Å². The molecule has 1 saturated heterocycles. The van der Waals surface area contributed by atoms with E-state index in [2.05, 4.69) is 0 Å². The highest BCUT2D eigenvalue weighted by Gasteiger charge is 2.39. The van der Waals surface area contributed by atoms with Crippen molar-refractivity contribution < 1.29 is 17.9 Å². The fourth-order valence-electron chi connectivity index (χ4n) is 3.76. The highest BCUT2D eigenvalue weighted by Crippen LogP contribution is 2.29. The maximum atomic E-state index is 12.8. The highest BCUT2D eigenvalue weighted by molar-refractivity contribution is 7.91. The standard InChI is InChI=1S/C18H22N2O4S/c19-11-14-4-3-7-17(10-14)24-12-18(21)20(15-5-1-2-6-15)16-8-9-25(22,23)13-16/h3-4,7,10,15-16H,1-2,5-6,8-9,12-13H2/t16-/m0/s1. The third-order valence-corrected chi connectivity index (χ3v) is 6.68. The fourth-order valence-corrected chi connectivity index (χ4v) is 5.47.